The number of nitrogens with zero attached hydrogens (tertiary/aromatic N) is 2. The Morgan fingerprint density at radius 3 is 1.52 bits per heavy atom. The van der Waals surface area contributed by atoms with E-state index in [1.807, 2.05) is 11.3 Å². The molecule has 0 unspecified atom stereocenters. The minimum Gasteiger partial charge on any atom is -0.310 e. The van der Waals surface area contributed by atoms with Crippen LogP contribution < -0.4 is 4.90 Å². The lowest BCUT2D eigenvalue weighted by molar-refractivity contribution is 1.18. The van der Waals surface area contributed by atoms with Gasteiger partial charge in [0.1, 0.15) is 0 Å². The maximum absolute atomic E-state index is 2.43. The van der Waals surface area contributed by atoms with E-state index in [1.54, 1.807) is 0 Å². The number of benzene rings is 11. The molecule has 2 heterocycles. The Hall–Kier alpha value is -8.24. The van der Waals surface area contributed by atoms with E-state index in [4.69, 9.17) is 0 Å². The lowest BCUT2D eigenvalue weighted by Gasteiger charge is -2.27. The van der Waals surface area contributed by atoms with Gasteiger partial charge in [0.05, 0.1) is 22.4 Å². The molecule has 0 radical (unpaired) electrons. The second-order valence-electron chi connectivity index (χ2n) is 16.8. The van der Waals surface area contributed by atoms with Crippen molar-refractivity contribution >= 4 is 91.9 Å². The van der Waals surface area contributed by atoms with Crippen LogP contribution in [0.2, 0.25) is 0 Å². The second-order valence-corrected chi connectivity index (χ2v) is 17.9. The Bertz CT molecular complexity index is 3880. The average Bonchev–Trinajstić information content (AvgIpc) is 3.93. The third-order valence-corrected chi connectivity index (χ3v) is 14.3. The van der Waals surface area contributed by atoms with Gasteiger partial charge in [-0.25, -0.2) is 0 Å². The first-order valence-corrected chi connectivity index (χ1v) is 23.1. The van der Waals surface area contributed by atoms with Crippen molar-refractivity contribution in [2.24, 2.45) is 0 Å². The fourth-order valence-corrected chi connectivity index (χ4v) is 11.3. The highest BCUT2D eigenvalue weighted by atomic mass is 32.1. The van der Waals surface area contributed by atoms with Gasteiger partial charge in [-0.3, -0.25) is 0 Å². The highest BCUT2D eigenvalue weighted by Crippen LogP contribution is 2.46. The number of aromatic nitrogens is 1. The summed E-state index contributed by atoms with van der Waals surface area (Å²) < 4.78 is 4.99. The number of hydrogen-bond acceptors (Lipinski definition) is 2. The largest absolute Gasteiger partial charge is 0.310 e. The molecule has 0 fully saturated rings. The van der Waals surface area contributed by atoms with Gasteiger partial charge in [0.25, 0.3) is 0 Å². The molecular weight excluding hydrogens is 805 g/mol. The van der Waals surface area contributed by atoms with E-state index >= 15 is 0 Å². The van der Waals surface area contributed by atoms with Crippen molar-refractivity contribution in [2.75, 3.05) is 4.90 Å². The molecule has 0 amide bonds. The maximum Gasteiger partial charge on any atom is 0.0554 e. The summed E-state index contributed by atoms with van der Waals surface area (Å²) in [5, 5.41) is 10.2. The lowest BCUT2D eigenvalue weighted by atomic mass is 9.93. The smallest absolute Gasteiger partial charge is 0.0554 e. The molecule has 304 valence electrons. The van der Waals surface area contributed by atoms with E-state index in [2.05, 4.69) is 252 Å². The van der Waals surface area contributed by atoms with Gasteiger partial charge in [-0.15, -0.1) is 11.3 Å². The van der Waals surface area contributed by atoms with Crippen LogP contribution in [0, 0.1) is 0 Å². The van der Waals surface area contributed by atoms with Crippen molar-refractivity contribution in [3.8, 4) is 39.1 Å². The van der Waals surface area contributed by atoms with E-state index in [0.717, 1.165) is 11.4 Å². The van der Waals surface area contributed by atoms with Crippen LogP contribution in [0.25, 0.3) is 103 Å². The van der Waals surface area contributed by atoms with Gasteiger partial charge in [-0.1, -0.05) is 176 Å². The van der Waals surface area contributed by atoms with Gasteiger partial charge >= 0.3 is 0 Å². The molecule has 11 aromatic carbocycles. The highest BCUT2D eigenvalue weighted by molar-refractivity contribution is 7.26. The quantitative estimate of drug-likeness (QED) is 0.145. The first kappa shape index (κ1) is 37.3. The second kappa shape index (κ2) is 15.2. The van der Waals surface area contributed by atoms with Gasteiger partial charge in [0.15, 0.2) is 0 Å². The molecule has 13 aromatic rings. The average molecular weight is 845 g/mol. The summed E-state index contributed by atoms with van der Waals surface area (Å²) in [5.41, 5.74) is 14.2. The summed E-state index contributed by atoms with van der Waals surface area (Å²) >= 11 is 1.86. The van der Waals surface area contributed by atoms with Gasteiger partial charge in [-0.2, -0.15) is 0 Å². The summed E-state index contributed by atoms with van der Waals surface area (Å²) in [6, 6.07) is 88.9. The molecule has 2 aromatic heterocycles. The van der Waals surface area contributed by atoms with Crippen molar-refractivity contribution in [1.29, 1.82) is 0 Å². The van der Waals surface area contributed by atoms with Crippen LogP contribution in [0.1, 0.15) is 0 Å². The molecule has 13 rings (SSSR count). The molecule has 0 spiro atoms. The van der Waals surface area contributed by atoms with Crippen molar-refractivity contribution in [3.63, 3.8) is 0 Å². The van der Waals surface area contributed by atoms with Crippen LogP contribution in [0.3, 0.4) is 0 Å². The van der Waals surface area contributed by atoms with Crippen LogP contribution in [0.4, 0.5) is 17.1 Å². The predicted molar refractivity (Wildman–Crippen MR) is 280 cm³/mol. The fraction of sp³-hybridized carbons (Fsp3) is 0. The number of rotatable bonds is 7. The van der Waals surface area contributed by atoms with Crippen LogP contribution >= 0.6 is 11.3 Å². The topological polar surface area (TPSA) is 8.17 Å². The number of hydrogen-bond donors (Lipinski definition) is 0. The fourth-order valence-electron chi connectivity index (χ4n) is 10.2. The SMILES string of the molecule is c1ccc(-n2c3ccccc3c3ccccc32)c(-c2ccc(-c3ccc(N(c4ccc(-c5cc6ccccc6c6ccccc56)cc4)c4cccc5sc6ccccc6c45)cc3)cc2)c1. The third-order valence-electron chi connectivity index (χ3n) is 13.2. The van der Waals surface area contributed by atoms with Gasteiger partial charge in [-0.05, 0) is 116 Å². The van der Waals surface area contributed by atoms with Crippen molar-refractivity contribution in [3.05, 3.63) is 243 Å². The minimum absolute atomic E-state index is 1.11. The molecule has 65 heavy (non-hydrogen) atoms. The lowest BCUT2D eigenvalue weighted by Crippen LogP contribution is -2.10. The maximum atomic E-state index is 2.43. The standard InChI is InChI=1S/C62H40N2S/c1-2-15-48-45(14-1)40-55(51-18-4-3-17-50(48)51)44-34-38-47(39-35-44)63(59-25-13-27-61-62(59)54-21-8-12-26-60(54)65-61)46-36-32-42(33-37-46)41-28-30-43(31-29-41)49-16-5-9-22-56(49)64-57-23-10-6-19-52(57)53-20-7-11-24-58(53)64/h1-40H. The third kappa shape index (κ3) is 6.16. The molecular formula is C62H40N2S. The normalized spacial score (nSPS) is 11.7. The first-order valence-electron chi connectivity index (χ1n) is 22.2. The minimum atomic E-state index is 1.11. The summed E-state index contributed by atoms with van der Waals surface area (Å²) in [6.07, 6.45) is 0. The molecule has 0 N–H and O–H groups in total. The van der Waals surface area contributed by atoms with E-state index in [0.29, 0.717) is 0 Å². The van der Waals surface area contributed by atoms with E-state index in [-0.39, 0.29) is 0 Å². The van der Waals surface area contributed by atoms with Crippen molar-refractivity contribution in [2.45, 2.75) is 0 Å². The molecule has 0 saturated heterocycles. The Morgan fingerprint density at radius 1 is 0.323 bits per heavy atom. The van der Waals surface area contributed by atoms with Gasteiger partial charge in [0, 0.05) is 47.9 Å². The number of anilines is 3. The van der Waals surface area contributed by atoms with Crippen LogP contribution in [-0.2, 0) is 0 Å². The van der Waals surface area contributed by atoms with E-state index < -0.39 is 0 Å². The number of thiophene rings is 1. The van der Waals surface area contributed by atoms with Crippen LogP contribution in [0.15, 0.2) is 243 Å². The molecule has 0 aliphatic carbocycles. The Morgan fingerprint density at radius 2 is 0.815 bits per heavy atom. The highest BCUT2D eigenvalue weighted by Gasteiger charge is 2.20. The number of fused-ring (bicyclic) bond motifs is 9. The molecule has 2 nitrogen and oxygen atoms in total. The zero-order valence-corrected chi connectivity index (χ0v) is 36.2. The zero-order valence-electron chi connectivity index (χ0n) is 35.4. The molecule has 0 bridgehead atoms. The monoisotopic (exact) mass is 844 g/mol. The van der Waals surface area contributed by atoms with Crippen molar-refractivity contribution < 1.29 is 0 Å². The predicted octanol–water partition coefficient (Wildman–Crippen LogP) is 17.9. The first-order chi connectivity index (χ1) is 32.2. The Balaban J connectivity index is 0.887. The van der Waals surface area contributed by atoms with Crippen LogP contribution in [-0.4, -0.2) is 4.57 Å². The molecule has 3 heteroatoms. The van der Waals surface area contributed by atoms with Gasteiger partial charge < -0.3 is 9.47 Å². The molecule has 0 saturated carbocycles. The molecule has 0 atom stereocenters. The van der Waals surface area contributed by atoms with Crippen molar-refractivity contribution in [1.82, 2.24) is 4.57 Å². The van der Waals surface area contributed by atoms with Gasteiger partial charge in [0.2, 0.25) is 0 Å². The summed E-state index contributed by atoms with van der Waals surface area (Å²) in [6.45, 7) is 0. The zero-order chi connectivity index (χ0) is 42.8. The Labute approximate surface area is 381 Å². The molecule has 0 aliphatic rings. The summed E-state index contributed by atoms with van der Waals surface area (Å²) in [5.74, 6) is 0. The Kier molecular flexibility index (Phi) is 8.75. The summed E-state index contributed by atoms with van der Waals surface area (Å²) in [4.78, 5) is 2.43. The molecule has 0 aliphatic heterocycles. The van der Waals surface area contributed by atoms with E-state index in [1.165, 1.54) is 108 Å². The number of para-hydroxylation sites is 3. The summed E-state index contributed by atoms with van der Waals surface area (Å²) in [7, 11) is 0. The van der Waals surface area contributed by atoms with Crippen LogP contribution in [0.5, 0.6) is 0 Å². The van der Waals surface area contributed by atoms with E-state index in [9.17, 15) is 0 Å².